The van der Waals surface area contributed by atoms with E-state index >= 15 is 0 Å². The highest BCUT2D eigenvalue weighted by molar-refractivity contribution is 7.88. The molecule has 1 heterocycles. The maximum absolute atomic E-state index is 12.1. The molecule has 0 radical (unpaired) electrons. The molecule has 0 aliphatic rings. The van der Waals surface area contributed by atoms with Crippen LogP contribution >= 0.6 is 11.6 Å². The summed E-state index contributed by atoms with van der Waals surface area (Å²) in [5.74, 6) is -1.52. The Bertz CT molecular complexity index is 819. The van der Waals surface area contributed by atoms with Crippen LogP contribution in [0, 0.1) is 5.41 Å². The fourth-order valence-electron chi connectivity index (χ4n) is 1.99. The van der Waals surface area contributed by atoms with Gasteiger partial charge < -0.3 is 21.5 Å². The lowest BCUT2D eigenvalue weighted by atomic mass is 10.2. The summed E-state index contributed by atoms with van der Waals surface area (Å²) in [6.45, 7) is 0.831. The van der Waals surface area contributed by atoms with Crippen molar-refractivity contribution in [2.45, 2.75) is 25.7 Å². The van der Waals surface area contributed by atoms with E-state index in [1.54, 1.807) is 0 Å². The van der Waals surface area contributed by atoms with Gasteiger partial charge in [-0.05, 0) is 12.8 Å². The van der Waals surface area contributed by atoms with Gasteiger partial charge in [-0.3, -0.25) is 15.5 Å². The molecule has 0 aromatic carbocycles. The predicted molar refractivity (Wildman–Crippen MR) is 111 cm³/mol. The Kier molecular flexibility index (Phi) is 10.0. The van der Waals surface area contributed by atoms with Crippen LogP contribution in [0.25, 0.3) is 0 Å². The standard InChI is InChI=1S/C15H27ClN8O4S/c1-24(2)29(26,27)9-28-8-6-4-3-5-7-20-15(19)23-14(25)10-12(17)22-13(18)11(16)21-10/h3-9H2,1-2H3,(H4,17,18,22)(H3,19,20,23,25). The Morgan fingerprint density at radius 2 is 1.83 bits per heavy atom. The van der Waals surface area contributed by atoms with E-state index in [1.165, 1.54) is 14.1 Å². The number of hydrogen-bond donors (Lipinski definition) is 5. The molecule has 0 saturated carbocycles. The zero-order valence-electron chi connectivity index (χ0n) is 16.4. The minimum atomic E-state index is -3.33. The minimum Gasteiger partial charge on any atom is -0.382 e. The number of anilines is 2. The molecule has 29 heavy (non-hydrogen) atoms. The number of unbranched alkanes of at least 4 members (excludes halogenated alkanes) is 3. The number of guanidine groups is 1. The van der Waals surface area contributed by atoms with E-state index in [0.29, 0.717) is 13.2 Å². The van der Waals surface area contributed by atoms with Crippen molar-refractivity contribution in [3.05, 3.63) is 10.8 Å². The number of ether oxygens (including phenoxy) is 1. The fourth-order valence-corrected chi connectivity index (χ4v) is 2.66. The van der Waals surface area contributed by atoms with Crippen LogP contribution in [0.2, 0.25) is 5.15 Å². The van der Waals surface area contributed by atoms with Crippen molar-refractivity contribution in [1.82, 2.24) is 24.9 Å². The normalized spacial score (nSPS) is 11.4. The van der Waals surface area contributed by atoms with E-state index in [9.17, 15) is 13.2 Å². The summed E-state index contributed by atoms with van der Waals surface area (Å²) < 4.78 is 29.3. The van der Waals surface area contributed by atoms with Crippen LogP contribution in [-0.4, -0.2) is 67.7 Å². The lowest BCUT2D eigenvalue weighted by molar-refractivity contribution is 0.0971. The first-order valence-electron chi connectivity index (χ1n) is 8.74. The lowest BCUT2D eigenvalue weighted by Gasteiger charge is -2.11. The highest BCUT2D eigenvalue weighted by Crippen LogP contribution is 2.17. The van der Waals surface area contributed by atoms with E-state index in [0.717, 1.165) is 30.0 Å². The molecule has 1 rings (SSSR count). The molecule has 0 spiro atoms. The van der Waals surface area contributed by atoms with Gasteiger partial charge in [-0.15, -0.1) is 0 Å². The summed E-state index contributed by atoms with van der Waals surface area (Å²) in [6.07, 6.45) is 3.18. The number of hydrogen-bond acceptors (Lipinski definition) is 9. The van der Waals surface area contributed by atoms with E-state index in [1.807, 2.05) is 0 Å². The molecule has 164 valence electrons. The first kappa shape index (κ1) is 24.8. The molecule has 14 heteroatoms. The predicted octanol–water partition coefficient (Wildman–Crippen LogP) is -0.0255. The molecule has 0 bridgehead atoms. The molecular formula is C15H27ClN8O4S. The fraction of sp³-hybridized carbons (Fsp3) is 0.600. The SMILES string of the molecule is CN(C)S(=O)(=O)COCCCCCCNC(=N)NC(=O)c1nc(Cl)c(N)nc1N. The molecule has 1 aromatic heterocycles. The van der Waals surface area contributed by atoms with Crippen molar-refractivity contribution in [2.24, 2.45) is 0 Å². The van der Waals surface area contributed by atoms with Gasteiger partial charge in [0.1, 0.15) is 0 Å². The number of nitrogen functional groups attached to an aromatic ring is 2. The molecule has 0 aliphatic carbocycles. The molecule has 0 atom stereocenters. The van der Waals surface area contributed by atoms with E-state index in [4.69, 9.17) is 33.2 Å². The smallest absolute Gasteiger partial charge is 0.280 e. The number of amides is 1. The van der Waals surface area contributed by atoms with Gasteiger partial charge in [-0.1, -0.05) is 24.4 Å². The van der Waals surface area contributed by atoms with Crippen LogP contribution in [0.1, 0.15) is 36.2 Å². The highest BCUT2D eigenvalue weighted by atomic mass is 35.5. The molecule has 0 unspecified atom stereocenters. The molecule has 0 fully saturated rings. The van der Waals surface area contributed by atoms with Gasteiger partial charge >= 0.3 is 0 Å². The van der Waals surface area contributed by atoms with E-state index in [-0.39, 0.29) is 34.4 Å². The molecule has 0 aliphatic heterocycles. The Balaban J connectivity index is 2.17. The van der Waals surface area contributed by atoms with Crippen molar-refractivity contribution in [2.75, 3.05) is 44.7 Å². The second kappa shape index (κ2) is 11.7. The third kappa shape index (κ3) is 8.77. The summed E-state index contributed by atoms with van der Waals surface area (Å²) >= 11 is 5.72. The number of halogens is 1. The summed E-state index contributed by atoms with van der Waals surface area (Å²) in [7, 11) is -0.419. The Morgan fingerprint density at radius 3 is 2.48 bits per heavy atom. The Hall–Kier alpha value is -2.22. The summed E-state index contributed by atoms with van der Waals surface area (Å²) in [5, 5.41) is 12.6. The maximum atomic E-state index is 12.1. The summed E-state index contributed by atoms with van der Waals surface area (Å²) in [4.78, 5) is 19.5. The first-order chi connectivity index (χ1) is 13.5. The Labute approximate surface area is 174 Å². The van der Waals surface area contributed by atoms with Crippen molar-refractivity contribution >= 4 is 45.1 Å². The van der Waals surface area contributed by atoms with Crippen LogP contribution in [-0.2, 0) is 14.8 Å². The first-order valence-corrected chi connectivity index (χ1v) is 10.7. The number of rotatable bonds is 11. The van der Waals surface area contributed by atoms with Gasteiger partial charge in [0.2, 0.25) is 10.0 Å². The Morgan fingerprint density at radius 1 is 1.17 bits per heavy atom. The molecule has 1 amide bonds. The summed E-state index contributed by atoms with van der Waals surface area (Å²) in [5.41, 5.74) is 10.8. The second-order valence-corrected chi connectivity index (χ2v) is 8.71. The second-order valence-electron chi connectivity index (χ2n) is 6.22. The zero-order valence-corrected chi connectivity index (χ0v) is 17.9. The van der Waals surface area contributed by atoms with Crippen LogP contribution in [0.15, 0.2) is 0 Å². The minimum absolute atomic E-state index is 0.0846. The number of aromatic nitrogens is 2. The summed E-state index contributed by atoms with van der Waals surface area (Å²) in [6, 6.07) is 0. The van der Waals surface area contributed by atoms with Crippen LogP contribution in [0.3, 0.4) is 0 Å². The van der Waals surface area contributed by atoms with Crippen molar-refractivity contribution in [3.8, 4) is 0 Å². The van der Waals surface area contributed by atoms with Crippen molar-refractivity contribution in [3.63, 3.8) is 0 Å². The molecule has 7 N–H and O–H groups in total. The quantitative estimate of drug-likeness (QED) is 0.175. The topological polar surface area (TPSA) is 189 Å². The number of nitrogens with two attached hydrogens (primary N) is 2. The molecule has 0 saturated heterocycles. The number of carbonyl (C=O) groups is 1. The monoisotopic (exact) mass is 450 g/mol. The van der Waals surface area contributed by atoms with Gasteiger partial charge in [-0.25, -0.2) is 22.7 Å². The molecular weight excluding hydrogens is 424 g/mol. The maximum Gasteiger partial charge on any atom is 0.280 e. The van der Waals surface area contributed by atoms with Crippen LogP contribution in [0.4, 0.5) is 11.6 Å². The van der Waals surface area contributed by atoms with E-state index in [2.05, 4.69) is 20.6 Å². The number of carbonyl (C=O) groups excluding carboxylic acids is 1. The van der Waals surface area contributed by atoms with Crippen molar-refractivity contribution in [1.29, 1.82) is 5.41 Å². The van der Waals surface area contributed by atoms with Crippen LogP contribution in [0.5, 0.6) is 0 Å². The molecule has 1 aromatic rings. The number of nitrogens with zero attached hydrogens (tertiary/aromatic N) is 3. The highest BCUT2D eigenvalue weighted by Gasteiger charge is 2.17. The number of sulfonamides is 1. The number of nitrogens with one attached hydrogen (secondary N) is 3. The van der Waals surface area contributed by atoms with Gasteiger partial charge in [0, 0.05) is 27.2 Å². The zero-order chi connectivity index (χ0) is 22.0. The van der Waals surface area contributed by atoms with Gasteiger partial charge in [-0.2, -0.15) is 0 Å². The van der Waals surface area contributed by atoms with Crippen molar-refractivity contribution < 1.29 is 17.9 Å². The van der Waals surface area contributed by atoms with Crippen LogP contribution < -0.4 is 22.1 Å². The largest absolute Gasteiger partial charge is 0.382 e. The van der Waals surface area contributed by atoms with Gasteiger partial charge in [0.15, 0.2) is 34.4 Å². The average Bonchev–Trinajstić information content (AvgIpc) is 2.62. The van der Waals surface area contributed by atoms with E-state index < -0.39 is 15.9 Å². The van der Waals surface area contributed by atoms with Gasteiger partial charge in [0.05, 0.1) is 0 Å². The third-order valence-electron chi connectivity index (χ3n) is 3.66. The average molecular weight is 451 g/mol. The third-order valence-corrected chi connectivity index (χ3v) is 5.52. The lowest BCUT2D eigenvalue weighted by Crippen LogP contribution is -2.41. The van der Waals surface area contributed by atoms with Gasteiger partial charge in [0.25, 0.3) is 5.91 Å². The molecule has 12 nitrogen and oxygen atoms in total.